The SMILES string of the molecule is CC(O)C1CCN(c2ccc(Cl)cc2NC(=O)c2cnn3cccnc23)C1. The predicted molar refractivity (Wildman–Crippen MR) is 104 cm³/mol. The minimum absolute atomic E-state index is 0.216. The number of hydrogen-bond acceptors (Lipinski definition) is 5. The van der Waals surface area contributed by atoms with Crippen molar-refractivity contribution in [3.8, 4) is 0 Å². The second-order valence-corrected chi connectivity index (χ2v) is 7.23. The lowest BCUT2D eigenvalue weighted by Crippen LogP contribution is -2.25. The van der Waals surface area contributed by atoms with E-state index in [2.05, 4.69) is 20.3 Å². The van der Waals surface area contributed by atoms with Gasteiger partial charge in [0.15, 0.2) is 5.65 Å². The van der Waals surface area contributed by atoms with Crippen LogP contribution in [0.2, 0.25) is 5.02 Å². The van der Waals surface area contributed by atoms with E-state index in [1.165, 1.54) is 6.20 Å². The van der Waals surface area contributed by atoms with Crippen LogP contribution in [0.3, 0.4) is 0 Å². The Kier molecular flexibility index (Phi) is 4.72. The normalized spacial score (nSPS) is 18.0. The molecule has 1 fully saturated rings. The van der Waals surface area contributed by atoms with Gasteiger partial charge < -0.3 is 15.3 Å². The molecule has 2 unspecified atom stereocenters. The maximum Gasteiger partial charge on any atom is 0.261 e. The molecule has 27 heavy (non-hydrogen) atoms. The summed E-state index contributed by atoms with van der Waals surface area (Å²) in [5.41, 5.74) is 2.41. The number of nitrogens with zero attached hydrogens (tertiary/aromatic N) is 4. The lowest BCUT2D eigenvalue weighted by molar-refractivity contribution is 0.102. The Morgan fingerprint density at radius 3 is 3.07 bits per heavy atom. The van der Waals surface area contributed by atoms with Crippen LogP contribution in [0.25, 0.3) is 5.65 Å². The molecule has 8 heteroatoms. The number of aromatic nitrogens is 3. The molecule has 1 aliphatic rings. The summed E-state index contributed by atoms with van der Waals surface area (Å²) in [4.78, 5) is 19.2. The van der Waals surface area contributed by atoms with Crippen molar-refractivity contribution in [2.75, 3.05) is 23.3 Å². The highest BCUT2D eigenvalue weighted by Crippen LogP contribution is 2.34. The fourth-order valence-electron chi connectivity index (χ4n) is 3.46. The molecule has 0 spiro atoms. The van der Waals surface area contributed by atoms with Crippen molar-refractivity contribution < 1.29 is 9.90 Å². The number of halogens is 1. The van der Waals surface area contributed by atoms with E-state index in [4.69, 9.17) is 11.6 Å². The first kappa shape index (κ1) is 17.8. The maximum atomic E-state index is 12.8. The highest BCUT2D eigenvalue weighted by Gasteiger charge is 2.28. The third kappa shape index (κ3) is 3.48. The van der Waals surface area contributed by atoms with E-state index in [-0.39, 0.29) is 17.9 Å². The number of carbonyl (C=O) groups is 1. The van der Waals surface area contributed by atoms with Crippen molar-refractivity contribution in [1.29, 1.82) is 0 Å². The fraction of sp³-hybridized carbons (Fsp3) is 0.316. The van der Waals surface area contributed by atoms with Crippen molar-refractivity contribution in [2.24, 2.45) is 5.92 Å². The zero-order valence-electron chi connectivity index (χ0n) is 14.8. The molecule has 2 N–H and O–H groups in total. The third-order valence-corrected chi connectivity index (χ3v) is 5.21. The Hall–Kier alpha value is -2.64. The molecule has 0 bridgehead atoms. The topological polar surface area (TPSA) is 82.8 Å². The Balaban J connectivity index is 1.62. The quantitative estimate of drug-likeness (QED) is 0.721. The van der Waals surface area contributed by atoms with Crippen molar-refractivity contribution in [3.63, 3.8) is 0 Å². The summed E-state index contributed by atoms with van der Waals surface area (Å²) in [6.45, 7) is 3.37. The number of rotatable bonds is 4. The van der Waals surface area contributed by atoms with Gasteiger partial charge >= 0.3 is 0 Å². The van der Waals surface area contributed by atoms with Gasteiger partial charge in [-0.05, 0) is 37.6 Å². The molecule has 3 heterocycles. The van der Waals surface area contributed by atoms with Gasteiger partial charge in [-0.1, -0.05) is 11.6 Å². The first-order valence-electron chi connectivity index (χ1n) is 8.85. The van der Waals surface area contributed by atoms with Crippen LogP contribution in [0, 0.1) is 5.92 Å². The Labute approximate surface area is 161 Å². The molecule has 2 aromatic heterocycles. The van der Waals surface area contributed by atoms with Gasteiger partial charge in [-0.3, -0.25) is 4.79 Å². The Morgan fingerprint density at radius 2 is 2.30 bits per heavy atom. The smallest absolute Gasteiger partial charge is 0.261 e. The molecule has 4 rings (SSSR count). The summed E-state index contributed by atoms with van der Waals surface area (Å²) in [7, 11) is 0. The first-order chi connectivity index (χ1) is 13.0. The summed E-state index contributed by atoms with van der Waals surface area (Å²) in [6.07, 6.45) is 5.42. The van der Waals surface area contributed by atoms with E-state index < -0.39 is 0 Å². The largest absolute Gasteiger partial charge is 0.393 e. The Morgan fingerprint density at radius 1 is 1.44 bits per heavy atom. The van der Waals surface area contributed by atoms with Crippen LogP contribution in [0.1, 0.15) is 23.7 Å². The summed E-state index contributed by atoms with van der Waals surface area (Å²) in [5.74, 6) is -0.0773. The molecule has 1 saturated heterocycles. The van der Waals surface area contributed by atoms with Gasteiger partial charge in [0.2, 0.25) is 0 Å². The minimum Gasteiger partial charge on any atom is -0.393 e. The number of anilines is 2. The number of fused-ring (bicyclic) bond motifs is 1. The molecular formula is C19H20ClN5O2. The van der Waals surface area contributed by atoms with Crippen LogP contribution in [0.5, 0.6) is 0 Å². The molecule has 1 amide bonds. The van der Waals surface area contributed by atoms with E-state index >= 15 is 0 Å². The van der Waals surface area contributed by atoms with Crippen molar-refractivity contribution in [3.05, 3.63) is 53.4 Å². The molecule has 3 aromatic rings. The van der Waals surface area contributed by atoms with Crippen LogP contribution in [0.4, 0.5) is 11.4 Å². The lowest BCUT2D eigenvalue weighted by atomic mass is 10.0. The zero-order valence-corrected chi connectivity index (χ0v) is 15.6. The van der Waals surface area contributed by atoms with E-state index in [0.29, 0.717) is 21.9 Å². The number of hydrogen-bond donors (Lipinski definition) is 2. The number of aliphatic hydroxyl groups excluding tert-OH is 1. The average molecular weight is 386 g/mol. The summed E-state index contributed by atoms with van der Waals surface area (Å²) in [6, 6.07) is 7.20. The number of carbonyl (C=O) groups excluding carboxylic acids is 1. The van der Waals surface area contributed by atoms with Crippen molar-refractivity contribution in [2.45, 2.75) is 19.4 Å². The summed E-state index contributed by atoms with van der Waals surface area (Å²) in [5, 5.41) is 17.5. The van der Waals surface area contributed by atoms with E-state index in [9.17, 15) is 9.90 Å². The van der Waals surface area contributed by atoms with Gasteiger partial charge in [0, 0.05) is 36.4 Å². The molecule has 2 atom stereocenters. The van der Waals surface area contributed by atoms with E-state index in [0.717, 1.165) is 25.2 Å². The first-order valence-corrected chi connectivity index (χ1v) is 9.23. The van der Waals surface area contributed by atoms with Crippen LogP contribution in [-0.4, -0.2) is 44.8 Å². The standard InChI is InChI=1S/C19H20ClN5O2/c1-12(26)13-5-8-24(11-13)17-4-3-14(20)9-16(17)23-19(27)15-10-22-25-7-2-6-21-18(15)25/h2-4,6-7,9-10,12-13,26H,5,8,11H2,1H3,(H,23,27). The molecule has 1 aliphatic heterocycles. The van der Waals surface area contributed by atoms with Crippen LogP contribution in [-0.2, 0) is 0 Å². The van der Waals surface area contributed by atoms with Gasteiger partial charge in [-0.25, -0.2) is 9.50 Å². The highest BCUT2D eigenvalue weighted by atomic mass is 35.5. The molecule has 140 valence electrons. The second-order valence-electron chi connectivity index (χ2n) is 6.80. The van der Waals surface area contributed by atoms with Crippen LogP contribution >= 0.6 is 11.6 Å². The van der Waals surface area contributed by atoms with Gasteiger partial charge in [0.1, 0.15) is 5.56 Å². The van der Waals surface area contributed by atoms with Crippen molar-refractivity contribution in [1.82, 2.24) is 14.6 Å². The Bertz CT molecular complexity index is 987. The number of nitrogens with one attached hydrogen (secondary N) is 1. The van der Waals surface area contributed by atoms with Crippen molar-refractivity contribution >= 4 is 34.5 Å². The second kappa shape index (κ2) is 7.17. The molecule has 0 saturated carbocycles. The predicted octanol–water partition coefficient (Wildman–Crippen LogP) is 2.84. The van der Waals surface area contributed by atoms with Gasteiger partial charge in [0.25, 0.3) is 5.91 Å². The summed E-state index contributed by atoms with van der Waals surface area (Å²) < 4.78 is 1.56. The van der Waals surface area contributed by atoms with Crippen LogP contribution < -0.4 is 10.2 Å². The van der Waals surface area contributed by atoms with E-state index in [1.54, 1.807) is 35.1 Å². The minimum atomic E-state index is -0.356. The monoisotopic (exact) mass is 385 g/mol. The molecule has 0 radical (unpaired) electrons. The lowest BCUT2D eigenvalue weighted by Gasteiger charge is -2.23. The highest BCUT2D eigenvalue weighted by molar-refractivity contribution is 6.31. The summed E-state index contributed by atoms with van der Waals surface area (Å²) >= 11 is 6.17. The number of benzene rings is 1. The fourth-order valence-corrected chi connectivity index (χ4v) is 3.63. The van der Waals surface area contributed by atoms with Gasteiger partial charge in [-0.2, -0.15) is 5.10 Å². The maximum absolute atomic E-state index is 12.8. The van der Waals surface area contributed by atoms with Gasteiger partial charge in [0.05, 0.1) is 23.7 Å². The number of aliphatic hydroxyl groups is 1. The molecule has 1 aromatic carbocycles. The third-order valence-electron chi connectivity index (χ3n) is 4.98. The average Bonchev–Trinajstić information content (AvgIpc) is 3.29. The molecule has 0 aliphatic carbocycles. The van der Waals surface area contributed by atoms with E-state index in [1.807, 2.05) is 13.0 Å². The van der Waals surface area contributed by atoms with Gasteiger partial charge in [-0.15, -0.1) is 0 Å². The van der Waals surface area contributed by atoms with Crippen LogP contribution in [0.15, 0.2) is 42.9 Å². The zero-order chi connectivity index (χ0) is 19.0. The molecular weight excluding hydrogens is 366 g/mol. The molecule has 7 nitrogen and oxygen atoms in total. The number of amides is 1.